The maximum Gasteiger partial charge on any atom is 0.259 e. The first-order valence-electron chi connectivity index (χ1n) is 6.15. The molecule has 0 saturated carbocycles. The number of nitrogens with one attached hydrogen (secondary N) is 1. The number of pyridine rings is 1. The van der Waals surface area contributed by atoms with Crippen LogP contribution >= 0.6 is 0 Å². The van der Waals surface area contributed by atoms with Gasteiger partial charge in [-0.15, -0.1) is 0 Å². The summed E-state index contributed by atoms with van der Waals surface area (Å²) >= 11 is 0. The van der Waals surface area contributed by atoms with Crippen LogP contribution in [0.3, 0.4) is 0 Å². The zero-order valence-electron chi connectivity index (χ0n) is 10.8. The van der Waals surface area contributed by atoms with Gasteiger partial charge in [0.25, 0.3) is 5.56 Å². The Morgan fingerprint density at radius 2 is 1.75 bits per heavy atom. The van der Waals surface area contributed by atoms with E-state index in [9.17, 15) is 9.18 Å². The minimum absolute atomic E-state index is 0.0475. The fourth-order valence-electron chi connectivity index (χ4n) is 2.22. The van der Waals surface area contributed by atoms with Gasteiger partial charge >= 0.3 is 0 Å². The zero-order chi connectivity index (χ0) is 14.1. The Balaban J connectivity index is 2.27. The monoisotopic (exact) mass is 269 g/mol. The maximum absolute atomic E-state index is 14.5. The number of benzene rings is 2. The van der Waals surface area contributed by atoms with Gasteiger partial charge in [0.2, 0.25) is 0 Å². The summed E-state index contributed by atoms with van der Waals surface area (Å²) in [6.07, 6.45) is 0. The molecule has 0 aliphatic heterocycles. The molecule has 0 fully saturated rings. The van der Waals surface area contributed by atoms with Crippen molar-refractivity contribution in [3.63, 3.8) is 0 Å². The van der Waals surface area contributed by atoms with Crippen molar-refractivity contribution in [1.29, 1.82) is 0 Å². The van der Waals surface area contributed by atoms with E-state index in [-0.39, 0.29) is 5.56 Å². The van der Waals surface area contributed by atoms with E-state index in [2.05, 4.69) is 4.98 Å². The van der Waals surface area contributed by atoms with Gasteiger partial charge in [0, 0.05) is 5.39 Å². The molecule has 1 aromatic heterocycles. The third kappa shape index (κ3) is 1.95. The minimum atomic E-state index is -0.505. The van der Waals surface area contributed by atoms with Crippen LogP contribution in [0, 0.1) is 5.82 Å². The van der Waals surface area contributed by atoms with Crippen molar-refractivity contribution in [2.24, 2.45) is 0 Å². The van der Waals surface area contributed by atoms with E-state index < -0.39 is 11.4 Å². The van der Waals surface area contributed by atoms with Crippen LogP contribution in [0.25, 0.3) is 22.0 Å². The highest BCUT2D eigenvalue weighted by Gasteiger charge is 2.14. The van der Waals surface area contributed by atoms with E-state index in [1.165, 1.54) is 0 Å². The first-order chi connectivity index (χ1) is 9.70. The average Bonchev–Trinajstić information content (AvgIpc) is 2.48. The number of ether oxygens (including phenoxy) is 1. The zero-order valence-corrected chi connectivity index (χ0v) is 10.8. The van der Waals surface area contributed by atoms with Crippen LogP contribution in [-0.2, 0) is 0 Å². The molecule has 3 aromatic rings. The van der Waals surface area contributed by atoms with E-state index in [4.69, 9.17) is 4.74 Å². The molecule has 1 N–H and O–H groups in total. The number of aromatic amines is 1. The summed E-state index contributed by atoms with van der Waals surface area (Å²) in [5.41, 5.74) is 0.625. The normalized spacial score (nSPS) is 10.7. The van der Waals surface area contributed by atoms with E-state index in [1.807, 2.05) is 0 Å². The Morgan fingerprint density at radius 1 is 1.05 bits per heavy atom. The standard InChI is InChI=1S/C16H12FNO2/c1-20-11-8-6-10(7-9-11)14-15(17)12-4-2-3-5-13(12)18-16(14)19/h2-9H,1H3,(H,18,19). The van der Waals surface area contributed by atoms with Crippen LogP contribution in [0.2, 0.25) is 0 Å². The Kier molecular flexibility index (Phi) is 2.99. The number of rotatable bonds is 2. The SMILES string of the molecule is COc1ccc(-c2c(F)c3ccccc3[nH]c2=O)cc1. The number of aromatic nitrogens is 1. The van der Waals surface area contributed by atoms with Crippen molar-refractivity contribution < 1.29 is 9.13 Å². The van der Waals surface area contributed by atoms with Crippen molar-refractivity contribution in [3.05, 3.63) is 64.7 Å². The third-order valence-electron chi connectivity index (χ3n) is 3.24. The Hall–Kier alpha value is -2.62. The summed E-state index contributed by atoms with van der Waals surface area (Å²) in [6.45, 7) is 0. The topological polar surface area (TPSA) is 42.1 Å². The lowest BCUT2D eigenvalue weighted by Crippen LogP contribution is -2.11. The fraction of sp³-hybridized carbons (Fsp3) is 0.0625. The summed E-state index contributed by atoms with van der Waals surface area (Å²) in [4.78, 5) is 14.8. The number of hydrogen-bond acceptors (Lipinski definition) is 2. The number of para-hydroxylation sites is 1. The minimum Gasteiger partial charge on any atom is -0.497 e. The van der Waals surface area contributed by atoms with Gasteiger partial charge in [-0.2, -0.15) is 0 Å². The number of H-pyrrole nitrogens is 1. The molecule has 0 atom stereocenters. The van der Waals surface area contributed by atoms with Crippen molar-refractivity contribution in [2.75, 3.05) is 7.11 Å². The summed E-state index contributed by atoms with van der Waals surface area (Å²) in [5, 5.41) is 0.401. The van der Waals surface area contributed by atoms with Crippen LogP contribution in [0.15, 0.2) is 53.3 Å². The lowest BCUT2D eigenvalue weighted by atomic mass is 10.0. The van der Waals surface area contributed by atoms with Gasteiger partial charge in [0.1, 0.15) is 11.6 Å². The lowest BCUT2D eigenvalue weighted by molar-refractivity contribution is 0.415. The second-order valence-electron chi connectivity index (χ2n) is 4.42. The summed E-state index contributed by atoms with van der Waals surface area (Å²) in [7, 11) is 1.55. The summed E-state index contributed by atoms with van der Waals surface area (Å²) in [5.74, 6) is 0.154. The number of methoxy groups -OCH3 is 1. The second-order valence-corrected chi connectivity index (χ2v) is 4.42. The third-order valence-corrected chi connectivity index (χ3v) is 3.24. The highest BCUT2D eigenvalue weighted by molar-refractivity contribution is 5.84. The molecule has 3 nitrogen and oxygen atoms in total. The molecule has 0 bridgehead atoms. The summed E-state index contributed by atoms with van der Waals surface area (Å²) < 4.78 is 19.6. The van der Waals surface area contributed by atoms with Crippen LogP contribution < -0.4 is 10.3 Å². The molecule has 0 spiro atoms. The highest BCUT2D eigenvalue weighted by Crippen LogP contribution is 2.25. The van der Waals surface area contributed by atoms with Crippen molar-refractivity contribution >= 4 is 10.9 Å². The van der Waals surface area contributed by atoms with Crippen molar-refractivity contribution in [1.82, 2.24) is 4.98 Å². The Labute approximate surface area is 114 Å². The van der Waals surface area contributed by atoms with Gasteiger partial charge in [-0.3, -0.25) is 4.79 Å². The van der Waals surface area contributed by atoms with Crippen molar-refractivity contribution in [3.8, 4) is 16.9 Å². The van der Waals surface area contributed by atoms with Gasteiger partial charge in [0.15, 0.2) is 0 Å². The number of fused-ring (bicyclic) bond motifs is 1. The first kappa shape index (κ1) is 12.4. The Bertz CT molecular complexity index is 822. The quantitative estimate of drug-likeness (QED) is 0.775. The molecule has 0 amide bonds. The van der Waals surface area contributed by atoms with Crippen LogP contribution in [-0.4, -0.2) is 12.1 Å². The molecule has 4 heteroatoms. The maximum atomic E-state index is 14.5. The van der Waals surface area contributed by atoms with Crippen LogP contribution in [0.1, 0.15) is 0 Å². The molecule has 0 aliphatic carbocycles. The molecule has 1 heterocycles. The summed E-state index contributed by atoms with van der Waals surface area (Å²) in [6, 6.07) is 13.5. The number of halogens is 1. The highest BCUT2D eigenvalue weighted by atomic mass is 19.1. The molecule has 0 aliphatic rings. The van der Waals surface area contributed by atoms with Crippen LogP contribution in [0.5, 0.6) is 5.75 Å². The molecule has 0 unspecified atom stereocenters. The second kappa shape index (κ2) is 4.81. The van der Waals surface area contributed by atoms with E-state index >= 15 is 0 Å². The van der Waals surface area contributed by atoms with Gasteiger partial charge in [-0.05, 0) is 29.8 Å². The van der Waals surface area contributed by atoms with Gasteiger partial charge in [0.05, 0.1) is 18.2 Å². The molecule has 100 valence electrons. The molecule has 0 saturated heterocycles. The van der Waals surface area contributed by atoms with Gasteiger partial charge in [-0.1, -0.05) is 24.3 Å². The average molecular weight is 269 g/mol. The van der Waals surface area contributed by atoms with Gasteiger partial charge in [-0.25, -0.2) is 4.39 Å². The van der Waals surface area contributed by atoms with E-state index in [0.717, 1.165) is 0 Å². The van der Waals surface area contributed by atoms with Gasteiger partial charge < -0.3 is 9.72 Å². The first-order valence-corrected chi connectivity index (χ1v) is 6.15. The molecule has 0 radical (unpaired) electrons. The molecule has 2 aromatic carbocycles. The predicted molar refractivity (Wildman–Crippen MR) is 76.5 cm³/mol. The molecule has 20 heavy (non-hydrogen) atoms. The fourth-order valence-corrected chi connectivity index (χ4v) is 2.22. The largest absolute Gasteiger partial charge is 0.497 e. The molecular formula is C16H12FNO2. The van der Waals surface area contributed by atoms with E-state index in [0.29, 0.717) is 22.2 Å². The van der Waals surface area contributed by atoms with Crippen molar-refractivity contribution in [2.45, 2.75) is 0 Å². The molecular weight excluding hydrogens is 257 g/mol. The molecule has 3 rings (SSSR count). The van der Waals surface area contributed by atoms with Crippen LogP contribution in [0.4, 0.5) is 4.39 Å². The lowest BCUT2D eigenvalue weighted by Gasteiger charge is -2.07. The number of hydrogen-bond donors (Lipinski definition) is 1. The predicted octanol–water partition coefficient (Wildman–Crippen LogP) is 3.34. The Morgan fingerprint density at radius 3 is 2.45 bits per heavy atom. The van der Waals surface area contributed by atoms with E-state index in [1.54, 1.807) is 55.6 Å². The smallest absolute Gasteiger partial charge is 0.259 e.